The van der Waals surface area contributed by atoms with Crippen LogP contribution >= 0.6 is 0 Å². The number of nitrogens with zero attached hydrogens (tertiary/aromatic N) is 1. The normalized spacial score (nSPS) is 18.1. The van der Waals surface area contributed by atoms with Gasteiger partial charge >= 0.3 is 0 Å². The number of aliphatic hydroxyl groups excluding tert-OH is 1. The number of amides is 1. The molecule has 158 valence electrons. The number of benzene rings is 2. The summed E-state index contributed by atoms with van der Waals surface area (Å²) in [5.74, 6) is -0.973. The molecule has 0 aliphatic carbocycles. The second-order valence-electron chi connectivity index (χ2n) is 6.86. The van der Waals surface area contributed by atoms with Crippen molar-refractivity contribution < 1.29 is 29.3 Å². The molecule has 7 nitrogen and oxygen atoms in total. The van der Waals surface area contributed by atoms with Crippen LogP contribution in [0.3, 0.4) is 0 Å². The van der Waals surface area contributed by atoms with Crippen molar-refractivity contribution in [1.29, 1.82) is 0 Å². The van der Waals surface area contributed by atoms with Crippen molar-refractivity contribution in [2.45, 2.75) is 19.4 Å². The van der Waals surface area contributed by atoms with Gasteiger partial charge in [0.2, 0.25) is 0 Å². The van der Waals surface area contributed by atoms with E-state index in [4.69, 9.17) is 9.47 Å². The van der Waals surface area contributed by atoms with Crippen LogP contribution in [0, 0.1) is 0 Å². The summed E-state index contributed by atoms with van der Waals surface area (Å²) in [7, 11) is 1.54. The highest BCUT2D eigenvalue weighted by Crippen LogP contribution is 2.40. The zero-order chi connectivity index (χ0) is 21.7. The second kappa shape index (κ2) is 9.45. The number of phenolic OH excluding ortho intramolecular Hbond substituents is 1. The molecule has 1 aliphatic heterocycles. The fourth-order valence-electron chi connectivity index (χ4n) is 3.50. The number of Topliss-reactive ketones (excluding diaryl/α,β-unsaturated/α-hetero) is 1. The van der Waals surface area contributed by atoms with Crippen LogP contribution < -0.4 is 4.74 Å². The van der Waals surface area contributed by atoms with Gasteiger partial charge in [0.1, 0.15) is 17.3 Å². The minimum atomic E-state index is -0.755. The molecule has 1 fully saturated rings. The summed E-state index contributed by atoms with van der Waals surface area (Å²) in [6.07, 6.45) is 0.554. The van der Waals surface area contributed by atoms with E-state index in [1.54, 1.807) is 36.4 Å². The van der Waals surface area contributed by atoms with E-state index in [0.717, 1.165) is 0 Å². The van der Waals surface area contributed by atoms with Crippen molar-refractivity contribution in [1.82, 2.24) is 4.90 Å². The van der Waals surface area contributed by atoms with Gasteiger partial charge in [-0.2, -0.15) is 0 Å². The lowest BCUT2D eigenvalue weighted by molar-refractivity contribution is -0.140. The summed E-state index contributed by atoms with van der Waals surface area (Å²) < 4.78 is 10.5. The molecule has 0 aromatic heterocycles. The van der Waals surface area contributed by atoms with E-state index in [1.165, 1.54) is 24.1 Å². The van der Waals surface area contributed by atoms with E-state index in [1.807, 2.05) is 6.92 Å². The number of ketones is 1. The van der Waals surface area contributed by atoms with Crippen LogP contribution in [0.2, 0.25) is 0 Å². The van der Waals surface area contributed by atoms with Gasteiger partial charge in [0.15, 0.2) is 0 Å². The number of hydrogen-bond donors (Lipinski definition) is 2. The SMILES string of the molecule is CCOCCCN1C(=O)C(=O)C(=C(O)c2ccc(OC)cc2)[C@@H]1c1ccc(O)cc1. The third-order valence-corrected chi connectivity index (χ3v) is 5.00. The standard InChI is InChI=1S/C23H25NO6/c1-3-30-14-4-13-24-20(15-5-9-17(25)10-6-15)19(22(27)23(24)28)21(26)16-7-11-18(29-2)12-8-16/h5-12,20,25-26H,3-4,13-14H2,1-2H3/t20-/m0/s1. The molecule has 1 atom stereocenters. The fourth-order valence-corrected chi connectivity index (χ4v) is 3.50. The lowest BCUT2D eigenvalue weighted by atomic mass is 9.95. The first-order valence-electron chi connectivity index (χ1n) is 9.77. The molecule has 1 heterocycles. The number of carbonyl (C=O) groups excluding carboxylic acids is 2. The molecule has 0 spiro atoms. The van der Waals surface area contributed by atoms with Crippen molar-refractivity contribution in [3.05, 3.63) is 65.2 Å². The molecule has 30 heavy (non-hydrogen) atoms. The fraction of sp³-hybridized carbons (Fsp3) is 0.304. The molecule has 1 saturated heterocycles. The quantitative estimate of drug-likeness (QED) is 0.300. The van der Waals surface area contributed by atoms with E-state index in [-0.39, 0.29) is 17.1 Å². The van der Waals surface area contributed by atoms with Crippen molar-refractivity contribution in [2.24, 2.45) is 0 Å². The van der Waals surface area contributed by atoms with Gasteiger partial charge in [0, 0.05) is 25.3 Å². The van der Waals surface area contributed by atoms with Crippen LogP contribution in [0.1, 0.15) is 30.5 Å². The molecule has 2 aromatic carbocycles. The zero-order valence-electron chi connectivity index (χ0n) is 17.0. The van der Waals surface area contributed by atoms with Gasteiger partial charge in [-0.05, 0) is 55.3 Å². The number of aliphatic hydroxyl groups is 1. The highest BCUT2D eigenvalue weighted by atomic mass is 16.5. The molecule has 2 aromatic rings. The van der Waals surface area contributed by atoms with Gasteiger partial charge in [0.25, 0.3) is 11.7 Å². The van der Waals surface area contributed by atoms with Crippen LogP contribution in [-0.4, -0.2) is 53.7 Å². The Morgan fingerprint density at radius 3 is 2.33 bits per heavy atom. The molecule has 0 unspecified atom stereocenters. The monoisotopic (exact) mass is 411 g/mol. The maximum absolute atomic E-state index is 12.9. The van der Waals surface area contributed by atoms with Crippen molar-refractivity contribution in [3.8, 4) is 11.5 Å². The second-order valence-corrected chi connectivity index (χ2v) is 6.86. The molecule has 1 aliphatic rings. The van der Waals surface area contributed by atoms with Gasteiger partial charge in [-0.3, -0.25) is 9.59 Å². The summed E-state index contributed by atoms with van der Waals surface area (Å²) in [5.41, 5.74) is 1.05. The number of likely N-dealkylation sites (tertiary alicyclic amines) is 1. The van der Waals surface area contributed by atoms with E-state index < -0.39 is 17.7 Å². The highest BCUT2D eigenvalue weighted by Gasteiger charge is 2.45. The number of ether oxygens (including phenoxy) is 2. The topological polar surface area (TPSA) is 96.3 Å². The maximum atomic E-state index is 12.9. The third kappa shape index (κ3) is 4.31. The van der Waals surface area contributed by atoms with Crippen LogP contribution in [0.15, 0.2) is 54.1 Å². The van der Waals surface area contributed by atoms with Gasteiger partial charge in [-0.25, -0.2) is 0 Å². The Hall–Kier alpha value is -3.32. The Kier molecular flexibility index (Phi) is 6.74. The van der Waals surface area contributed by atoms with Crippen molar-refractivity contribution in [3.63, 3.8) is 0 Å². The molecule has 0 radical (unpaired) electrons. The number of phenols is 1. The van der Waals surface area contributed by atoms with Gasteiger partial charge in [-0.1, -0.05) is 12.1 Å². The average molecular weight is 411 g/mol. The minimum absolute atomic E-state index is 0.0206. The van der Waals surface area contributed by atoms with Crippen molar-refractivity contribution in [2.75, 3.05) is 26.9 Å². The Morgan fingerprint density at radius 1 is 1.07 bits per heavy atom. The number of rotatable bonds is 8. The number of carbonyl (C=O) groups is 2. The Morgan fingerprint density at radius 2 is 1.73 bits per heavy atom. The van der Waals surface area contributed by atoms with Crippen LogP contribution in [-0.2, 0) is 14.3 Å². The van der Waals surface area contributed by atoms with Gasteiger partial charge in [-0.15, -0.1) is 0 Å². The number of methoxy groups -OCH3 is 1. The number of hydrogen-bond acceptors (Lipinski definition) is 6. The van der Waals surface area contributed by atoms with E-state index >= 15 is 0 Å². The summed E-state index contributed by atoms with van der Waals surface area (Å²) in [6.45, 7) is 3.21. The molecule has 2 N–H and O–H groups in total. The maximum Gasteiger partial charge on any atom is 0.295 e. The van der Waals surface area contributed by atoms with E-state index in [0.29, 0.717) is 43.1 Å². The van der Waals surface area contributed by atoms with Crippen LogP contribution in [0.5, 0.6) is 11.5 Å². The number of aromatic hydroxyl groups is 1. The Bertz CT molecular complexity index is 933. The summed E-state index contributed by atoms with van der Waals surface area (Å²) in [4.78, 5) is 27.1. The van der Waals surface area contributed by atoms with E-state index in [9.17, 15) is 19.8 Å². The Balaban J connectivity index is 2.04. The summed E-state index contributed by atoms with van der Waals surface area (Å²) in [6, 6.07) is 12.1. The molecule has 0 bridgehead atoms. The largest absolute Gasteiger partial charge is 0.508 e. The first-order valence-corrected chi connectivity index (χ1v) is 9.77. The van der Waals surface area contributed by atoms with Crippen LogP contribution in [0.25, 0.3) is 5.76 Å². The van der Waals surface area contributed by atoms with Gasteiger partial charge < -0.3 is 24.6 Å². The molecule has 7 heteroatoms. The Labute approximate surface area is 175 Å². The predicted molar refractivity (Wildman–Crippen MR) is 111 cm³/mol. The van der Waals surface area contributed by atoms with Crippen LogP contribution in [0.4, 0.5) is 0 Å². The lowest BCUT2D eigenvalue weighted by Gasteiger charge is -2.25. The van der Waals surface area contributed by atoms with Crippen molar-refractivity contribution >= 4 is 17.4 Å². The molecule has 3 rings (SSSR count). The molecular formula is C23H25NO6. The summed E-state index contributed by atoms with van der Waals surface area (Å²) >= 11 is 0. The van der Waals surface area contributed by atoms with Gasteiger partial charge in [0.05, 0.1) is 18.7 Å². The lowest BCUT2D eigenvalue weighted by Crippen LogP contribution is -2.31. The molecule has 1 amide bonds. The predicted octanol–water partition coefficient (Wildman–Crippen LogP) is 3.25. The zero-order valence-corrected chi connectivity index (χ0v) is 17.0. The highest BCUT2D eigenvalue weighted by molar-refractivity contribution is 6.46. The minimum Gasteiger partial charge on any atom is -0.508 e. The molecular weight excluding hydrogens is 386 g/mol. The van der Waals surface area contributed by atoms with E-state index in [2.05, 4.69) is 0 Å². The first-order chi connectivity index (χ1) is 14.5. The summed E-state index contributed by atoms with van der Waals surface area (Å²) in [5, 5.41) is 20.6. The third-order valence-electron chi connectivity index (χ3n) is 5.00. The molecule has 0 saturated carbocycles. The average Bonchev–Trinajstić information content (AvgIpc) is 3.01. The first kappa shape index (κ1) is 21.4. The smallest absolute Gasteiger partial charge is 0.295 e.